The molecular weight excluding hydrogens is 222 g/mol. The molecule has 2 N–H and O–H groups in total. The Hall–Kier alpha value is -2.13. The Bertz CT molecular complexity index is 638. The van der Waals surface area contributed by atoms with Crippen LogP contribution in [0, 0.1) is 0 Å². The molecular formula is C15H15N3. The van der Waals surface area contributed by atoms with Gasteiger partial charge in [-0.3, -0.25) is 4.98 Å². The van der Waals surface area contributed by atoms with Crippen molar-refractivity contribution < 1.29 is 0 Å². The lowest BCUT2D eigenvalue weighted by molar-refractivity contribution is 0.661. The maximum atomic E-state index is 4.55. The fraction of sp³-hybridized carbons (Fsp3) is 0.133. The van der Waals surface area contributed by atoms with E-state index in [1.807, 2.05) is 31.6 Å². The lowest BCUT2D eigenvalue weighted by atomic mass is 10.0. The maximum absolute atomic E-state index is 4.55. The van der Waals surface area contributed by atoms with Crippen LogP contribution in [0.1, 0.15) is 17.4 Å². The second-order valence-corrected chi connectivity index (χ2v) is 4.26. The van der Waals surface area contributed by atoms with Crippen molar-refractivity contribution in [3.05, 3.63) is 66.2 Å². The maximum Gasteiger partial charge on any atom is 0.0906 e. The summed E-state index contributed by atoms with van der Waals surface area (Å²) in [6, 6.07) is 14.5. The van der Waals surface area contributed by atoms with Gasteiger partial charge in [-0.25, -0.2) is 0 Å². The molecule has 0 spiro atoms. The number of H-pyrrole nitrogens is 1. The number of aromatic nitrogens is 2. The predicted molar refractivity (Wildman–Crippen MR) is 73.4 cm³/mol. The Kier molecular flexibility index (Phi) is 2.82. The quantitative estimate of drug-likeness (QED) is 0.735. The van der Waals surface area contributed by atoms with E-state index >= 15 is 0 Å². The minimum absolute atomic E-state index is 0.0890. The third kappa shape index (κ3) is 1.79. The van der Waals surface area contributed by atoms with Gasteiger partial charge in [0.05, 0.1) is 11.7 Å². The van der Waals surface area contributed by atoms with Gasteiger partial charge in [0.15, 0.2) is 0 Å². The van der Waals surface area contributed by atoms with Gasteiger partial charge in [-0.05, 0) is 30.6 Å². The van der Waals surface area contributed by atoms with Crippen molar-refractivity contribution in [1.29, 1.82) is 0 Å². The minimum Gasteiger partial charge on any atom is -0.363 e. The molecule has 0 aliphatic carbocycles. The van der Waals surface area contributed by atoms with E-state index in [-0.39, 0.29) is 6.04 Å². The van der Waals surface area contributed by atoms with Gasteiger partial charge in [0.2, 0.25) is 0 Å². The standard InChI is InChI=1S/C15H15N3/c1-16-15(13-7-4-9-17-13)14-12-6-3-2-5-11(12)8-10-18-14/h2-10,15-17H,1H3. The summed E-state index contributed by atoms with van der Waals surface area (Å²) in [6.45, 7) is 0. The zero-order valence-electron chi connectivity index (χ0n) is 10.2. The molecule has 18 heavy (non-hydrogen) atoms. The second-order valence-electron chi connectivity index (χ2n) is 4.26. The number of rotatable bonds is 3. The molecule has 3 heteroatoms. The van der Waals surface area contributed by atoms with E-state index in [4.69, 9.17) is 0 Å². The molecule has 0 fully saturated rings. The predicted octanol–water partition coefficient (Wildman–Crippen LogP) is 2.87. The highest BCUT2D eigenvalue weighted by atomic mass is 14.9. The zero-order chi connectivity index (χ0) is 12.4. The highest BCUT2D eigenvalue weighted by Gasteiger charge is 2.16. The summed E-state index contributed by atoms with van der Waals surface area (Å²) in [7, 11) is 1.95. The van der Waals surface area contributed by atoms with E-state index in [0.29, 0.717) is 0 Å². The van der Waals surface area contributed by atoms with Crippen LogP contribution >= 0.6 is 0 Å². The van der Waals surface area contributed by atoms with Gasteiger partial charge in [0.25, 0.3) is 0 Å². The highest BCUT2D eigenvalue weighted by molar-refractivity contribution is 5.84. The van der Waals surface area contributed by atoms with Crippen molar-refractivity contribution in [3.63, 3.8) is 0 Å². The number of hydrogen-bond acceptors (Lipinski definition) is 2. The van der Waals surface area contributed by atoms with E-state index in [9.17, 15) is 0 Å². The fourth-order valence-corrected chi connectivity index (χ4v) is 2.34. The van der Waals surface area contributed by atoms with Gasteiger partial charge >= 0.3 is 0 Å². The topological polar surface area (TPSA) is 40.7 Å². The van der Waals surface area contributed by atoms with Crippen molar-refractivity contribution in [1.82, 2.24) is 15.3 Å². The van der Waals surface area contributed by atoms with E-state index < -0.39 is 0 Å². The molecule has 2 aromatic heterocycles. The number of nitrogens with one attached hydrogen (secondary N) is 2. The molecule has 1 aromatic carbocycles. The Labute approximate surface area is 106 Å². The van der Waals surface area contributed by atoms with Crippen molar-refractivity contribution in [2.75, 3.05) is 7.05 Å². The molecule has 0 saturated heterocycles. The van der Waals surface area contributed by atoms with E-state index in [1.165, 1.54) is 10.8 Å². The summed E-state index contributed by atoms with van der Waals surface area (Å²) < 4.78 is 0. The van der Waals surface area contributed by atoms with Gasteiger partial charge in [-0.2, -0.15) is 0 Å². The number of benzene rings is 1. The van der Waals surface area contributed by atoms with Gasteiger partial charge in [0.1, 0.15) is 0 Å². The Morgan fingerprint density at radius 1 is 1.11 bits per heavy atom. The zero-order valence-corrected chi connectivity index (χ0v) is 10.2. The molecule has 1 unspecified atom stereocenters. The molecule has 2 heterocycles. The van der Waals surface area contributed by atoms with Crippen LogP contribution in [0.5, 0.6) is 0 Å². The number of hydrogen-bond donors (Lipinski definition) is 2. The Balaban J connectivity index is 2.18. The van der Waals surface area contributed by atoms with Crippen LogP contribution in [0.25, 0.3) is 10.8 Å². The molecule has 1 atom stereocenters. The molecule has 3 rings (SSSR count). The van der Waals surface area contributed by atoms with Crippen LogP contribution in [0.4, 0.5) is 0 Å². The summed E-state index contributed by atoms with van der Waals surface area (Å²) in [5, 5.41) is 5.72. The van der Waals surface area contributed by atoms with Crippen LogP contribution in [-0.4, -0.2) is 17.0 Å². The van der Waals surface area contributed by atoms with Crippen molar-refractivity contribution in [2.45, 2.75) is 6.04 Å². The van der Waals surface area contributed by atoms with Crippen LogP contribution in [0.2, 0.25) is 0 Å². The molecule has 0 aliphatic heterocycles. The third-order valence-corrected chi connectivity index (χ3v) is 3.20. The molecule has 0 amide bonds. The number of fused-ring (bicyclic) bond motifs is 1. The summed E-state index contributed by atoms with van der Waals surface area (Å²) in [6.07, 6.45) is 3.80. The summed E-state index contributed by atoms with van der Waals surface area (Å²) in [5.41, 5.74) is 2.18. The van der Waals surface area contributed by atoms with E-state index in [1.54, 1.807) is 0 Å². The Morgan fingerprint density at radius 2 is 2.00 bits per heavy atom. The monoisotopic (exact) mass is 237 g/mol. The first-order chi connectivity index (χ1) is 8.90. The lowest BCUT2D eigenvalue weighted by Gasteiger charge is -2.16. The Morgan fingerprint density at radius 3 is 2.78 bits per heavy atom. The van der Waals surface area contributed by atoms with Crippen molar-refractivity contribution >= 4 is 10.8 Å². The number of pyridine rings is 1. The van der Waals surface area contributed by atoms with Gasteiger partial charge in [-0.1, -0.05) is 24.3 Å². The molecule has 3 aromatic rings. The second kappa shape index (κ2) is 4.63. The summed E-state index contributed by atoms with van der Waals surface area (Å²) >= 11 is 0. The lowest BCUT2D eigenvalue weighted by Crippen LogP contribution is -2.19. The van der Waals surface area contributed by atoms with Crippen LogP contribution in [-0.2, 0) is 0 Å². The largest absolute Gasteiger partial charge is 0.363 e. The van der Waals surface area contributed by atoms with Crippen molar-refractivity contribution in [2.24, 2.45) is 0 Å². The molecule has 0 aliphatic rings. The minimum atomic E-state index is 0.0890. The van der Waals surface area contributed by atoms with E-state index in [0.717, 1.165) is 11.4 Å². The fourth-order valence-electron chi connectivity index (χ4n) is 2.34. The van der Waals surface area contributed by atoms with Crippen LogP contribution in [0.3, 0.4) is 0 Å². The molecule has 0 saturated carbocycles. The first-order valence-corrected chi connectivity index (χ1v) is 6.04. The smallest absolute Gasteiger partial charge is 0.0906 e. The first kappa shape index (κ1) is 11.0. The third-order valence-electron chi connectivity index (χ3n) is 3.20. The van der Waals surface area contributed by atoms with Crippen LogP contribution < -0.4 is 5.32 Å². The van der Waals surface area contributed by atoms with Gasteiger partial charge < -0.3 is 10.3 Å². The molecule has 0 radical (unpaired) electrons. The highest BCUT2D eigenvalue weighted by Crippen LogP contribution is 2.25. The van der Waals surface area contributed by atoms with Crippen LogP contribution in [0.15, 0.2) is 54.9 Å². The summed E-state index contributed by atoms with van der Waals surface area (Å²) in [4.78, 5) is 7.80. The molecule has 3 nitrogen and oxygen atoms in total. The number of nitrogens with zero attached hydrogens (tertiary/aromatic N) is 1. The van der Waals surface area contributed by atoms with Gasteiger partial charge in [0, 0.05) is 23.5 Å². The molecule has 90 valence electrons. The molecule has 0 bridgehead atoms. The van der Waals surface area contributed by atoms with E-state index in [2.05, 4.69) is 45.6 Å². The SMILES string of the molecule is CNC(c1ccc[nH]1)c1nccc2ccccc12. The average molecular weight is 237 g/mol. The average Bonchev–Trinajstić information content (AvgIpc) is 2.94. The normalized spacial score (nSPS) is 12.7. The van der Waals surface area contributed by atoms with Gasteiger partial charge in [-0.15, -0.1) is 0 Å². The number of aromatic amines is 1. The first-order valence-electron chi connectivity index (χ1n) is 6.04. The summed E-state index contributed by atoms with van der Waals surface area (Å²) in [5.74, 6) is 0. The van der Waals surface area contributed by atoms with Crippen molar-refractivity contribution in [3.8, 4) is 0 Å².